The quantitative estimate of drug-likeness (QED) is 0.264. The summed E-state index contributed by atoms with van der Waals surface area (Å²) in [4.78, 5) is 1.36. The minimum absolute atomic E-state index is 1.25. The lowest BCUT2D eigenvalue weighted by Crippen LogP contribution is -1.86. The van der Waals surface area contributed by atoms with Crippen molar-refractivity contribution in [1.82, 2.24) is 0 Å². The number of aryl methyl sites for hydroxylation is 1. The Morgan fingerprint density at radius 2 is 1.03 bits per heavy atom. The highest BCUT2D eigenvalue weighted by molar-refractivity contribution is 7.19. The first kappa shape index (κ1) is 19.0. The predicted octanol–water partition coefficient (Wildman–Crippen LogP) is 9.36. The molecule has 0 nitrogen and oxygen atoms in total. The van der Waals surface area contributed by atoms with Crippen LogP contribution in [0.1, 0.15) is 4.88 Å². The first-order valence-electron chi connectivity index (χ1n) is 10.9. The Kier molecular flexibility index (Phi) is 4.63. The van der Waals surface area contributed by atoms with E-state index in [-0.39, 0.29) is 0 Å². The third kappa shape index (κ3) is 3.32. The van der Waals surface area contributed by atoms with Crippen LogP contribution in [-0.4, -0.2) is 0 Å². The van der Waals surface area contributed by atoms with Gasteiger partial charge in [-0.25, -0.2) is 0 Å². The van der Waals surface area contributed by atoms with E-state index in [4.69, 9.17) is 0 Å². The van der Waals surface area contributed by atoms with Crippen molar-refractivity contribution >= 4 is 32.2 Å². The highest BCUT2D eigenvalue weighted by Crippen LogP contribution is 2.38. The van der Waals surface area contributed by atoms with Gasteiger partial charge in [-0.3, -0.25) is 0 Å². The molecule has 0 aliphatic rings. The second kappa shape index (κ2) is 7.78. The summed E-state index contributed by atoms with van der Waals surface area (Å²) in [6.07, 6.45) is 0. The topological polar surface area (TPSA) is 0 Å². The van der Waals surface area contributed by atoms with Gasteiger partial charge in [-0.15, -0.1) is 11.3 Å². The maximum atomic E-state index is 2.33. The predicted molar refractivity (Wildman–Crippen MR) is 140 cm³/mol. The molecule has 0 saturated carbocycles. The second-order valence-corrected chi connectivity index (χ2v) is 9.55. The molecule has 0 amide bonds. The van der Waals surface area contributed by atoms with Gasteiger partial charge < -0.3 is 0 Å². The summed E-state index contributed by atoms with van der Waals surface area (Å²) in [5.74, 6) is 0. The molecule has 32 heavy (non-hydrogen) atoms. The van der Waals surface area contributed by atoms with E-state index in [9.17, 15) is 0 Å². The van der Waals surface area contributed by atoms with Crippen molar-refractivity contribution in [1.29, 1.82) is 0 Å². The molecule has 152 valence electrons. The van der Waals surface area contributed by atoms with E-state index in [1.54, 1.807) is 0 Å². The van der Waals surface area contributed by atoms with Crippen molar-refractivity contribution in [2.45, 2.75) is 6.92 Å². The van der Waals surface area contributed by atoms with Crippen LogP contribution in [0.3, 0.4) is 0 Å². The molecule has 0 aliphatic carbocycles. The summed E-state index contributed by atoms with van der Waals surface area (Å²) in [7, 11) is 0. The van der Waals surface area contributed by atoms with Crippen LogP contribution in [0.5, 0.6) is 0 Å². The molecular weight excluding hydrogens is 404 g/mol. The molecule has 0 fully saturated rings. The average molecular weight is 427 g/mol. The van der Waals surface area contributed by atoms with Gasteiger partial charge in [0.1, 0.15) is 0 Å². The summed E-state index contributed by atoms with van der Waals surface area (Å²) in [6.45, 7) is 2.18. The fourth-order valence-electron chi connectivity index (χ4n) is 4.62. The van der Waals surface area contributed by atoms with Crippen LogP contribution in [0.25, 0.3) is 54.2 Å². The number of hydrogen-bond acceptors (Lipinski definition) is 1. The van der Waals surface area contributed by atoms with E-state index in [1.165, 1.54) is 59.1 Å². The number of rotatable bonds is 3. The van der Waals surface area contributed by atoms with E-state index >= 15 is 0 Å². The lowest BCUT2D eigenvalue weighted by Gasteiger charge is -2.13. The van der Waals surface area contributed by atoms with Crippen molar-refractivity contribution in [3.8, 4) is 33.4 Å². The number of thiophene rings is 1. The van der Waals surface area contributed by atoms with Gasteiger partial charge in [0.2, 0.25) is 0 Å². The Morgan fingerprint density at radius 1 is 0.469 bits per heavy atom. The Morgan fingerprint density at radius 3 is 1.75 bits per heavy atom. The van der Waals surface area contributed by atoms with E-state index in [2.05, 4.69) is 122 Å². The second-order valence-electron chi connectivity index (χ2n) is 8.26. The lowest BCUT2D eigenvalue weighted by atomic mass is 9.91. The normalized spacial score (nSPS) is 11.3. The van der Waals surface area contributed by atoms with E-state index in [0.717, 1.165) is 0 Å². The van der Waals surface area contributed by atoms with Crippen molar-refractivity contribution in [2.24, 2.45) is 0 Å². The van der Waals surface area contributed by atoms with Crippen LogP contribution in [0.4, 0.5) is 0 Å². The molecule has 0 spiro atoms. The number of benzene rings is 5. The van der Waals surface area contributed by atoms with Crippen LogP contribution in [0.2, 0.25) is 0 Å². The molecule has 1 aromatic heterocycles. The molecular formula is C31H22S. The highest BCUT2D eigenvalue weighted by atomic mass is 32.1. The highest BCUT2D eigenvalue weighted by Gasteiger charge is 2.11. The van der Waals surface area contributed by atoms with Crippen molar-refractivity contribution in [2.75, 3.05) is 0 Å². The SMILES string of the molecule is Cc1cc2cc(-c3ccc(-c4ccc(-c5ccccc5)cc4)c4ccccc34)ccc2s1. The molecule has 1 heterocycles. The van der Waals surface area contributed by atoms with Crippen LogP contribution < -0.4 is 0 Å². The van der Waals surface area contributed by atoms with Gasteiger partial charge in [0.25, 0.3) is 0 Å². The fourth-order valence-corrected chi connectivity index (χ4v) is 5.52. The average Bonchev–Trinajstić information content (AvgIpc) is 3.23. The molecule has 5 aromatic carbocycles. The van der Waals surface area contributed by atoms with Gasteiger partial charge >= 0.3 is 0 Å². The first-order valence-corrected chi connectivity index (χ1v) is 11.8. The lowest BCUT2D eigenvalue weighted by molar-refractivity contribution is 1.60. The molecule has 6 rings (SSSR count). The third-order valence-electron chi connectivity index (χ3n) is 6.18. The van der Waals surface area contributed by atoms with E-state index in [0.29, 0.717) is 0 Å². The van der Waals surface area contributed by atoms with Crippen LogP contribution in [0, 0.1) is 6.92 Å². The molecule has 0 radical (unpaired) electrons. The maximum Gasteiger partial charge on any atom is 0.0345 e. The van der Waals surface area contributed by atoms with Gasteiger partial charge in [-0.1, -0.05) is 97.1 Å². The smallest absolute Gasteiger partial charge is 0.0345 e. The van der Waals surface area contributed by atoms with Crippen LogP contribution in [-0.2, 0) is 0 Å². The summed E-state index contributed by atoms with van der Waals surface area (Å²) in [5, 5.41) is 3.91. The van der Waals surface area contributed by atoms with Crippen molar-refractivity contribution < 1.29 is 0 Å². The van der Waals surface area contributed by atoms with Crippen molar-refractivity contribution in [3.05, 3.63) is 120 Å². The molecule has 0 atom stereocenters. The van der Waals surface area contributed by atoms with Gasteiger partial charge in [0.15, 0.2) is 0 Å². The van der Waals surface area contributed by atoms with E-state index in [1.807, 2.05) is 11.3 Å². The minimum atomic E-state index is 1.25. The monoisotopic (exact) mass is 426 g/mol. The Balaban J connectivity index is 1.47. The van der Waals surface area contributed by atoms with Crippen molar-refractivity contribution in [3.63, 3.8) is 0 Å². The standard InChI is InChI=1S/C31H22S/c1-21-19-26-20-25(15-18-31(26)32-21)28-17-16-27(29-9-5-6-10-30(28)29)24-13-11-23(12-14-24)22-7-3-2-4-8-22/h2-20H,1H3. The summed E-state index contributed by atoms with van der Waals surface area (Å²) >= 11 is 1.86. The molecule has 0 saturated heterocycles. The molecule has 0 N–H and O–H groups in total. The molecule has 0 aliphatic heterocycles. The van der Waals surface area contributed by atoms with Gasteiger partial charge in [-0.05, 0) is 74.7 Å². The Hall–Kier alpha value is -3.68. The molecule has 1 heteroatoms. The maximum absolute atomic E-state index is 2.33. The van der Waals surface area contributed by atoms with Crippen LogP contribution in [0.15, 0.2) is 115 Å². The third-order valence-corrected chi connectivity index (χ3v) is 7.21. The van der Waals surface area contributed by atoms with Crippen LogP contribution >= 0.6 is 11.3 Å². The van der Waals surface area contributed by atoms with Gasteiger partial charge in [0, 0.05) is 9.58 Å². The Bertz CT molecular complexity index is 1550. The van der Waals surface area contributed by atoms with Gasteiger partial charge in [0.05, 0.1) is 0 Å². The van der Waals surface area contributed by atoms with Gasteiger partial charge in [-0.2, -0.15) is 0 Å². The summed E-state index contributed by atoms with van der Waals surface area (Å²) in [6, 6.07) is 41.9. The summed E-state index contributed by atoms with van der Waals surface area (Å²) < 4.78 is 1.35. The minimum Gasteiger partial charge on any atom is -0.141 e. The zero-order chi connectivity index (χ0) is 21.5. The molecule has 6 aromatic rings. The Labute approximate surface area is 192 Å². The molecule has 0 bridgehead atoms. The zero-order valence-electron chi connectivity index (χ0n) is 17.9. The number of fused-ring (bicyclic) bond motifs is 2. The molecule has 0 unspecified atom stereocenters. The number of hydrogen-bond donors (Lipinski definition) is 0. The zero-order valence-corrected chi connectivity index (χ0v) is 18.7. The largest absolute Gasteiger partial charge is 0.141 e. The first-order chi connectivity index (χ1) is 15.8. The summed E-state index contributed by atoms with van der Waals surface area (Å²) in [5.41, 5.74) is 7.58. The fraction of sp³-hybridized carbons (Fsp3) is 0.0323. The van der Waals surface area contributed by atoms with E-state index < -0.39 is 0 Å².